The van der Waals surface area contributed by atoms with Crippen molar-refractivity contribution in [2.24, 2.45) is 5.92 Å². The summed E-state index contributed by atoms with van der Waals surface area (Å²) >= 11 is 0. The van der Waals surface area contributed by atoms with Crippen LogP contribution >= 0.6 is 0 Å². The molecule has 1 amide bonds. The van der Waals surface area contributed by atoms with Crippen LogP contribution in [0.4, 0.5) is 0 Å². The number of carbonyl (C=O) groups is 1. The highest BCUT2D eigenvalue weighted by Gasteiger charge is 2.19. The van der Waals surface area contributed by atoms with Crippen molar-refractivity contribution in [2.75, 3.05) is 13.1 Å². The molecule has 1 heterocycles. The van der Waals surface area contributed by atoms with Gasteiger partial charge in [0.25, 0.3) is 0 Å². The van der Waals surface area contributed by atoms with E-state index in [1.54, 1.807) is 0 Å². The van der Waals surface area contributed by atoms with E-state index in [-0.39, 0.29) is 11.9 Å². The summed E-state index contributed by atoms with van der Waals surface area (Å²) in [5.74, 6) is 0.780. The van der Waals surface area contributed by atoms with Gasteiger partial charge in [0, 0.05) is 6.42 Å². The maximum atomic E-state index is 12.6. The minimum absolute atomic E-state index is 0.0889. The molecule has 25 heavy (non-hydrogen) atoms. The second-order valence-corrected chi connectivity index (χ2v) is 7.23. The fourth-order valence-electron chi connectivity index (χ4n) is 3.59. The molecule has 2 aromatic carbocycles. The van der Waals surface area contributed by atoms with Gasteiger partial charge in [-0.3, -0.25) is 4.79 Å². The molecule has 1 aliphatic rings. The Bertz CT molecular complexity index is 674. The van der Waals surface area contributed by atoms with Crippen molar-refractivity contribution >= 4 is 5.91 Å². The number of hydrogen-bond donors (Lipinski definition) is 2. The summed E-state index contributed by atoms with van der Waals surface area (Å²) in [6.45, 7) is 6.31. The maximum absolute atomic E-state index is 12.6. The molecular formula is C22H28N2O. The average Bonchev–Trinajstić information content (AvgIpc) is 3.11. The standard InChI is InChI=1S/C22H28N2O/c1-16-5-3-7-19(13-16)22(20-8-4-6-17(2)14-20)24-21(25)10-9-18-11-12-23-15-18/h3-8,13-14,18,22-23H,9-12,15H2,1-2H3,(H,24,25). The van der Waals surface area contributed by atoms with Crippen LogP contribution in [0.2, 0.25) is 0 Å². The third kappa shape index (κ3) is 4.93. The quantitative estimate of drug-likeness (QED) is 0.840. The normalized spacial score (nSPS) is 17.0. The summed E-state index contributed by atoms with van der Waals surface area (Å²) in [6, 6.07) is 16.7. The number of rotatable bonds is 6. The predicted molar refractivity (Wildman–Crippen MR) is 103 cm³/mol. The van der Waals surface area contributed by atoms with E-state index in [0.717, 1.165) is 30.6 Å². The van der Waals surface area contributed by atoms with Crippen molar-refractivity contribution in [3.63, 3.8) is 0 Å². The van der Waals surface area contributed by atoms with Crippen molar-refractivity contribution in [1.82, 2.24) is 10.6 Å². The molecule has 0 bridgehead atoms. The number of amides is 1. The molecule has 0 aromatic heterocycles. The maximum Gasteiger partial charge on any atom is 0.220 e. The van der Waals surface area contributed by atoms with Crippen LogP contribution in [0.15, 0.2) is 48.5 Å². The van der Waals surface area contributed by atoms with E-state index in [1.165, 1.54) is 17.5 Å². The van der Waals surface area contributed by atoms with E-state index in [1.807, 2.05) is 0 Å². The number of aryl methyl sites for hydroxylation is 2. The lowest BCUT2D eigenvalue weighted by Gasteiger charge is -2.21. The SMILES string of the molecule is Cc1cccc(C(NC(=O)CCC2CCNC2)c2cccc(C)c2)c1. The Labute approximate surface area is 150 Å². The summed E-state index contributed by atoms with van der Waals surface area (Å²) in [5, 5.41) is 6.64. The van der Waals surface area contributed by atoms with Gasteiger partial charge in [0.05, 0.1) is 6.04 Å². The third-order valence-electron chi connectivity index (χ3n) is 5.00. The van der Waals surface area contributed by atoms with Gasteiger partial charge in [-0.25, -0.2) is 0 Å². The average molecular weight is 336 g/mol. The Balaban J connectivity index is 1.75. The van der Waals surface area contributed by atoms with Crippen molar-refractivity contribution in [2.45, 2.75) is 39.2 Å². The van der Waals surface area contributed by atoms with Gasteiger partial charge < -0.3 is 10.6 Å². The molecule has 3 nitrogen and oxygen atoms in total. The molecule has 2 aromatic rings. The molecule has 0 saturated carbocycles. The Morgan fingerprint density at radius 3 is 2.28 bits per heavy atom. The summed E-state index contributed by atoms with van der Waals surface area (Å²) in [4.78, 5) is 12.6. The molecule has 0 aliphatic carbocycles. The van der Waals surface area contributed by atoms with Crippen LogP contribution < -0.4 is 10.6 Å². The Kier molecular flexibility index (Phi) is 5.87. The van der Waals surface area contributed by atoms with E-state index >= 15 is 0 Å². The first-order valence-electron chi connectivity index (χ1n) is 9.25. The topological polar surface area (TPSA) is 41.1 Å². The molecule has 1 saturated heterocycles. The highest BCUT2D eigenvalue weighted by atomic mass is 16.1. The van der Waals surface area contributed by atoms with Crippen molar-refractivity contribution in [3.8, 4) is 0 Å². The van der Waals surface area contributed by atoms with Crippen LogP contribution in [0.25, 0.3) is 0 Å². The van der Waals surface area contributed by atoms with Crippen LogP contribution in [0.5, 0.6) is 0 Å². The first kappa shape index (κ1) is 17.7. The zero-order chi connectivity index (χ0) is 17.6. The summed E-state index contributed by atoms with van der Waals surface area (Å²) in [6.07, 6.45) is 2.75. The number of nitrogens with one attached hydrogen (secondary N) is 2. The first-order valence-corrected chi connectivity index (χ1v) is 9.25. The van der Waals surface area contributed by atoms with Crippen LogP contribution in [-0.4, -0.2) is 19.0 Å². The van der Waals surface area contributed by atoms with Crippen molar-refractivity contribution < 1.29 is 4.79 Å². The van der Waals surface area contributed by atoms with Crippen LogP contribution in [0.1, 0.15) is 47.6 Å². The molecule has 1 atom stereocenters. The summed E-state index contributed by atoms with van der Waals surface area (Å²) < 4.78 is 0. The lowest BCUT2D eigenvalue weighted by Crippen LogP contribution is -2.29. The van der Waals surface area contributed by atoms with Gasteiger partial charge in [0.2, 0.25) is 5.91 Å². The van der Waals surface area contributed by atoms with Gasteiger partial charge >= 0.3 is 0 Å². The number of hydrogen-bond acceptors (Lipinski definition) is 2. The van der Waals surface area contributed by atoms with E-state index in [2.05, 4.69) is 73.0 Å². The zero-order valence-electron chi connectivity index (χ0n) is 15.2. The monoisotopic (exact) mass is 336 g/mol. The molecule has 1 aliphatic heterocycles. The molecule has 0 radical (unpaired) electrons. The van der Waals surface area contributed by atoms with E-state index in [0.29, 0.717) is 12.3 Å². The number of benzene rings is 2. The predicted octanol–water partition coefficient (Wildman–Crippen LogP) is 3.90. The second-order valence-electron chi connectivity index (χ2n) is 7.23. The Morgan fingerprint density at radius 1 is 1.12 bits per heavy atom. The molecular weight excluding hydrogens is 308 g/mol. The van der Waals surface area contributed by atoms with E-state index < -0.39 is 0 Å². The largest absolute Gasteiger partial charge is 0.345 e. The van der Waals surface area contributed by atoms with Crippen LogP contribution in [0, 0.1) is 19.8 Å². The molecule has 0 spiro atoms. The highest BCUT2D eigenvalue weighted by Crippen LogP contribution is 2.24. The van der Waals surface area contributed by atoms with Crippen molar-refractivity contribution in [1.29, 1.82) is 0 Å². The minimum atomic E-state index is -0.0889. The Morgan fingerprint density at radius 2 is 1.76 bits per heavy atom. The van der Waals surface area contributed by atoms with Crippen LogP contribution in [-0.2, 0) is 4.79 Å². The van der Waals surface area contributed by atoms with E-state index in [9.17, 15) is 4.79 Å². The van der Waals surface area contributed by atoms with Gasteiger partial charge in [0.15, 0.2) is 0 Å². The lowest BCUT2D eigenvalue weighted by atomic mass is 9.95. The fraction of sp³-hybridized carbons (Fsp3) is 0.409. The number of carbonyl (C=O) groups excluding carboxylic acids is 1. The van der Waals surface area contributed by atoms with Gasteiger partial charge in [-0.1, -0.05) is 59.7 Å². The lowest BCUT2D eigenvalue weighted by molar-refractivity contribution is -0.121. The van der Waals surface area contributed by atoms with Gasteiger partial charge in [-0.15, -0.1) is 0 Å². The second kappa shape index (κ2) is 8.30. The smallest absolute Gasteiger partial charge is 0.220 e. The van der Waals surface area contributed by atoms with Gasteiger partial charge in [-0.2, -0.15) is 0 Å². The highest BCUT2D eigenvalue weighted by molar-refractivity contribution is 5.77. The van der Waals surface area contributed by atoms with Gasteiger partial charge in [-0.05, 0) is 56.8 Å². The first-order chi connectivity index (χ1) is 12.1. The summed E-state index contributed by atoms with van der Waals surface area (Å²) in [7, 11) is 0. The van der Waals surface area contributed by atoms with Crippen molar-refractivity contribution in [3.05, 3.63) is 70.8 Å². The third-order valence-corrected chi connectivity index (χ3v) is 5.00. The van der Waals surface area contributed by atoms with E-state index in [4.69, 9.17) is 0 Å². The summed E-state index contributed by atoms with van der Waals surface area (Å²) in [5.41, 5.74) is 4.70. The molecule has 132 valence electrons. The zero-order valence-corrected chi connectivity index (χ0v) is 15.2. The van der Waals surface area contributed by atoms with Crippen LogP contribution in [0.3, 0.4) is 0 Å². The molecule has 1 unspecified atom stereocenters. The molecule has 2 N–H and O–H groups in total. The Hall–Kier alpha value is -2.13. The van der Waals surface area contributed by atoms with Gasteiger partial charge in [0.1, 0.15) is 0 Å². The fourth-order valence-corrected chi connectivity index (χ4v) is 3.59. The minimum Gasteiger partial charge on any atom is -0.345 e. The molecule has 3 rings (SSSR count). The molecule has 1 fully saturated rings. The molecule has 3 heteroatoms.